The molecular weight excluding hydrogens is 483 g/mol. The van der Waals surface area contributed by atoms with Gasteiger partial charge in [-0.25, -0.2) is 4.99 Å². The first-order chi connectivity index (χ1) is 13.0. The van der Waals surface area contributed by atoms with Crippen molar-refractivity contribution in [2.24, 2.45) is 10.9 Å². The average molecular weight is 516 g/mol. The van der Waals surface area contributed by atoms with Crippen molar-refractivity contribution in [1.82, 2.24) is 25.0 Å². The van der Waals surface area contributed by atoms with Crippen molar-refractivity contribution in [1.29, 1.82) is 0 Å². The van der Waals surface area contributed by atoms with E-state index in [-0.39, 0.29) is 24.0 Å². The number of nitrogens with one attached hydrogen (secondary N) is 1. The van der Waals surface area contributed by atoms with Crippen LogP contribution < -0.4 is 5.32 Å². The van der Waals surface area contributed by atoms with E-state index in [1.807, 2.05) is 37.2 Å². The average Bonchev–Trinajstić information content (AvgIpc) is 3.02. The lowest BCUT2D eigenvalue weighted by atomic mass is 10.2. The van der Waals surface area contributed by atoms with Crippen LogP contribution >= 0.6 is 35.7 Å². The molecule has 28 heavy (non-hydrogen) atoms. The van der Waals surface area contributed by atoms with E-state index in [1.165, 1.54) is 5.56 Å². The zero-order valence-corrected chi connectivity index (χ0v) is 20.7. The van der Waals surface area contributed by atoms with E-state index in [9.17, 15) is 0 Å². The van der Waals surface area contributed by atoms with Gasteiger partial charge in [-0.05, 0) is 24.2 Å². The van der Waals surface area contributed by atoms with Gasteiger partial charge in [0, 0.05) is 33.6 Å². The fraction of sp³-hybridized carbons (Fsp3) is 0.550. The number of benzene rings is 1. The highest BCUT2D eigenvalue weighted by molar-refractivity contribution is 14.0. The third-order valence-corrected chi connectivity index (χ3v) is 4.73. The second-order valence-electron chi connectivity index (χ2n) is 7.16. The van der Waals surface area contributed by atoms with Gasteiger partial charge in [-0.2, -0.15) is 0 Å². The van der Waals surface area contributed by atoms with Crippen LogP contribution in [0, 0.1) is 5.92 Å². The number of thioether (sulfide) groups is 1. The molecule has 156 valence electrons. The second-order valence-corrected chi connectivity index (χ2v) is 7.93. The summed E-state index contributed by atoms with van der Waals surface area (Å²) in [5.41, 5.74) is 1.21. The lowest BCUT2D eigenvalue weighted by molar-refractivity contribution is 0.476. The molecular formula is C20H33IN6S. The molecule has 0 saturated heterocycles. The molecule has 8 heteroatoms. The van der Waals surface area contributed by atoms with Gasteiger partial charge in [-0.3, -0.25) is 0 Å². The number of guanidine groups is 1. The van der Waals surface area contributed by atoms with E-state index in [0.717, 1.165) is 42.9 Å². The maximum atomic E-state index is 4.71. The molecule has 0 atom stereocenters. The Bertz CT molecular complexity index is 715. The number of aromatic nitrogens is 3. The summed E-state index contributed by atoms with van der Waals surface area (Å²) in [5.74, 6) is 2.56. The number of aryl methyl sites for hydroxylation is 1. The van der Waals surface area contributed by atoms with Crippen LogP contribution in [0.15, 0.2) is 40.5 Å². The highest BCUT2D eigenvalue weighted by Gasteiger charge is 2.12. The lowest BCUT2D eigenvalue weighted by Crippen LogP contribution is -2.37. The predicted octanol–water partition coefficient (Wildman–Crippen LogP) is 3.91. The summed E-state index contributed by atoms with van der Waals surface area (Å²) in [6.45, 7) is 6.95. The Labute approximate surface area is 190 Å². The van der Waals surface area contributed by atoms with Crippen LogP contribution in [0.4, 0.5) is 0 Å². The van der Waals surface area contributed by atoms with Gasteiger partial charge < -0.3 is 14.8 Å². The van der Waals surface area contributed by atoms with Gasteiger partial charge in [0.15, 0.2) is 11.1 Å². The Hall–Kier alpha value is -1.29. The minimum atomic E-state index is 0. The molecule has 2 rings (SSSR count). The molecule has 0 saturated carbocycles. The van der Waals surface area contributed by atoms with Crippen LogP contribution in [0.25, 0.3) is 0 Å². The smallest absolute Gasteiger partial charge is 0.193 e. The molecule has 0 aliphatic rings. The third kappa shape index (κ3) is 7.98. The number of nitrogens with zero attached hydrogens (tertiary/aromatic N) is 5. The first-order valence-corrected chi connectivity index (χ1v) is 10.7. The Balaban J connectivity index is 0.00000392. The number of hydrogen-bond donors (Lipinski definition) is 1. The van der Waals surface area contributed by atoms with E-state index < -0.39 is 0 Å². The van der Waals surface area contributed by atoms with Gasteiger partial charge in [0.05, 0.1) is 6.54 Å². The summed E-state index contributed by atoms with van der Waals surface area (Å²) in [6.07, 6.45) is 3.95. The number of hydrogen-bond acceptors (Lipinski definition) is 4. The van der Waals surface area contributed by atoms with E-state index >= 15 is 0 Å². The fourth-order valence-electron chi connectivity index (χ4n) is 2.76. The molecule has 0 aliphatic carbocycles. The Morgan fingerprint density at radius 2 is 1.93 bits per heavy atom. The van der Waals surface area contributed by atoms with Gasteiger partial charge in [0.25, 0.3) is 0 Å². The van der Waals surface area contributed by atoms with Crippen LogP contribution in [-0.2, 0) is 19.5 Å². The van der Waals surface area contributed by atoms with Gasteiger partial charge >= 0.3 is 0 Å². The van der Waals surface area contributed by atoms with Gasteiger partial charge in [0.1, 0.15) is 5.82 Å². The van der Waals surface area contributed by atoms with E-state index in [4.69, 9.17) is 4.99 Å². The molecule has 1 heterocycles. The maximum absolute atomic E-state index is 4.71. The van der Waals surface area contributed by atoms with Crippen LogP contribution in [-0.4, -0.2) is 52.5 Å². The second kappa shape index (κ2) is 13.0. The van der Waals surface area contributed by atoms with Crippen molar-refractivity contribution in [3.8, 4) is 0 Å². The van der Waals surface area contributed by atoms with Crippen LogP contribution in [0.5, 0.6) is 0 Å². The van der Waals surface area contributed by atoms with E-state index in [1.54, 1.807) is 11.8 Å². The molecule has 2 aromatic rings. The Kier molecular flexibility index (Phi) is 11.5. The van der Waals surface area contributed by atoms with Crippen LogP contribution in [0.3, 0.4) is 0 Å². The highest BCUT2D eigenvalue weighted by atomic mass is 127. The molecule has 6 nitrogen and oxygen atoms in total. The molecule has 0 aliphatic heterocycles. The van der Waals surface area contributed by atoms with E-state index in [2.05, 4.69) is 52.3 Å². The normalized spacial score (nSPS) is 11.4. The summed E-state index contributed by atoms with van der Waals surface area (Å²) < 4.78 is 2.26. The molecule has 1 N–H and O–H groups in total. The quantitative estimate of drug-likeness (QED) is 0.180. The number of halogens is 1. The van der Waals surface area contributed by atoms with Crippen molar-refractivity contribution in [2.45, 2.75) is 44.9 Å². The molecule has 0 fully saturated rings. The lowest BCUT2D eigenvalue weighted by Gasteiger charge is -2.18. The van der Waals surface area contributed by atoms with Crippen molar-refractivity contribution < 1.29 is 0 Å². The third-order valence-electron chi connectivity index (χ3n) is 4.06. The van der Waals surface area contributed by atoms with Gasteiger partial charge in [0.2, 0.25) is 0 Å². The highest BCUT2D eigenvalue weighted by Crippen LogP contribution is 2.16. The number of aliphatic imine (C=N–C) groups is 1. The van der Waals surface area contributed by atoms with Crippen LogP contribution in [0.2, 0.25) is 0 Å². The zero-order chi connectivity index (χ0) is 19.6. The van der Waals surface area contributed by atoms with Gasteiger partial charge in [-0.1, -0.05) is 55.9 Å². The largest absolute Gasteiger partial charge is 0.356 e. The molecule has 0 spiro atoms. The molecule has 1 aromatic carbocycles. The summed E-state index contributed by atoms with van der Waals surface area (Å²) >= 11 is 1.66. The first-order valence-electron chi connectivity index (χ1n) is 9.47. The Morgan fingerprint density at radius 3 is 2.54 bits per heavy atom. The van der Waals surface area contributed by atoms with Crippen molar-refractivity contribution in [3.63, 3.8) is 0 Å². The molecule has 1 aromatic heterocycles. The standard InChI is InChI=1S/C20H32N6S.HI/c1-16(2)15-26-18(23-24-20(26)27-5)12-9-13-21-19(25(3)4)22-14-17-10-7-6-8-11-17;/h6-8,10-11,16H,9,12-15H2,1-5H3,(H,21,22);1H. The molecule has 0 radical (unpaired) electrons. The zero-order valence-electron chi connectivity index (χ0n) is 17.6. The number of rotatable bonds is 9. The Morgan fingerprint density at radius 1 is 1.21 bits per heavy atom. The van der Waals surface area contributed by atoms with Crippen LogP contribution in [0.1, 0.15) is 31.7 Å². The summed E-state index contributed by atoms with van der Waals surface area (Å²) in [4.78, 5) is 6.73. The minimum absolute atomic E-state index is 0. The first kappa shape index (κ1) is 24.7. The SMILES string of the molecule is CSc1nnc(CCCNC(=NCc2ccccc2)N(C)C)n1CC(C)C.I. The molecule has 0 unspecified atom stereocenters. The van der Waals surface area contributed by atoms with Crippen molar-refractivity contribution >= 4 is 41.7 Å². The van der Waals surface area contributed by atoms with Gasteiger partial charge in [-0.15, -0.1) is 34.2 Å². The monoisotopic (exact) mass is 516 g/mol. The topological polar surface area (TPSA) is 58.3 Å². The summed E-state index contributed by atoms with van der Waals surface area (Å²) in [6, 6.07) is 10.3. The summed E-state index contributed by atoms with van der Waals surface area (Å²) in [7, 11) is 4.03. The summed E-state index contributed by atoms with van der Waals surface area (Å²) in [5, 5.41) is 13.2. The van der Waals surface area contributed by atoms with E-state index in [0.29, 0.717) is 12.5 Å². The molecule has 0 amide bonds. The maximum Gasteiger partial charge on any atom is 0.193 e. The molecule has 0 bridgehead atoms. The van der Waals surface area contributed by atoms with Crippen molar-refractivity contribution in [2.75, 3.05) is 26.9 Å². The minimum Gasteiger partial charge on any atom is -0.356 e. The van der Waals surface area contributed by atoms with Crippen molar-refractivity contribution in [3.05, 3.63) is 41.7 Å². The fourth-order valence-corrected chi connectivity index (χ4v) is 3.28. The predicted molar refractivity (Wildman–Crippen MR) is 130 cm³/mol.